The molecule has 1 aliphatic rings. The summed E-state index contributed by atoms with van der Waals surface area (Å²) in [4.78, 5) is 28.0. The van der Waals surface area contributed by atoms with Crippen molar-refractivity contribution in [1.82, 2.24) is 0 Å². The Hall–Kier alpha value is -2.42. The summed E-state index contributed by atoms with van der Waals surface area (Å²) in [6.45, 7) is 6.02. The average molecular weight is 307 g/mol. The smallest absolute Gasteiger partial charge is 0.196 e. The summed E-state index contributed by atoms with van der Waals surface area (Å²) in [6, 6.07) is 12.7. The highest BCUT2D eigenvalue weighted by Gasteiger charge is 2.32. The molecule has 0 N–H and O–H groups in total. The van der Waals surface area contributed by atoms with Gasteiger partial charge in [0, 0.05) is 35.5 Å². The van der Waals surface area contributed by atoms with Crippen molar-refractivity contribution in [3.8, 4) is 0 Å². The Balaban J connectivity index is 2.17. The molecule has 0 atom stereocenters. The van der Waals surface area contributed by atoms with Gasteiger partial charge in [-0.25, -0.2) is 0 Å². The summed E-state index contributed by atoms with van der Waals surface area (Å²) >= 11 is 0. The lowest BCUT2D eigenvalue weighted by atomic mass is 9.83. The predicted octanol–water partition coefficient (Wildman–Crippen LogP) is 4.09. The molecule has 0 aliphatic heterocycles. The van der Waals surface area contributed by atoms with E-state index in [4.69, 9.17) is 0 Å². The third kappa shape index (κ3) is 2.56. The number of carbonyl (C=O) groups excluding carboxylic acids is 2. The maximum atomic E-state index is 13.0. The molecular formula is C20H21NO2. The highest BCUT2D eigenvalue weighted by Crippen LogP contribution is 2.33. The molecule has 3 nitrogen and oxygen atoms in total. The number of rotatable bonds is 5. The van der Waals surface area contributed by atoms with Crippen LogP contribution in [0.15, 0.2) is 42.5 Å². The number of carbonyl (C=O) groups is 2. The van der Waals surface area contributed by atoms with Crippen molar-refractivity contribution in [2.75, 3.05) is 18.0 Å². The van der Waals surface area contributed by atoms with E-state index in [0.29, 0.717) is 22.3 Å². The van der Waals surface area contributed by atoms with Crippen molar-refractivity contribution in [3.05, 3.63) is 64.7 Å². The lowest BCUT2D eigenvalue weighted by Gasteiger charge is -2.28. The molecule has 0 spiro atoms. The molecule has 0 amide bonds. The van der Waals surface area contributed by atoms with Crippen molar-refractivity contribution < 1.29 is 9.59 Å². The number of anilines is 1. The molecule has 2 aromatic carbocycles. The van der Waals surface area contributed by atoms with Gasteiger partial charge in [-0.1, -0.05) is 50.2 Å². The molecule has 0 bridgehead atoms. The lowest BCUT2D eigenvalue weighted by molar-refractivity contribution is 0.0979. The second-order valence-electron chi connectivity index (χ2n) is 5.89. The number of hydrogen-bond acceptors (Lipinski definition) is 3. The molecule has 23 heavy (non-hydrogen) atoms. The maximum absolute atomic E-state index is 13.0. The van der Waals surface area contributed by atoms with Gasteiger partial charge in [-0.2, -0.15) is 0 Å². The van der Waals surface area contributed by atoms with Crippen molar-refractivity contribution in [3.63, 3.8) is 0 Å². The first kappa shape index (κ1) is 15.5. The molecule has 0 heterocycles. The largest absolute Gasteiger partial charge is 0.371 e. The monoisotopic (exact) mass is 307 g/mol. The second kappa shape index (κ2) is 6.37. The molecule has 1 aliphatic carbocycles. The zero-order valence-electron chi connectivity index (χ0n) is 13.6. The van der Waals surface area contributed by atoms with E-state index in [9.17, 15) is 9.59 Å². The molecule has 0 aromatic heterocycles. The first-order chi connectivity index (χ1) is 11.2. The summed E-state index contributed by atoms with van der Waals surface area (Å²) in [5, 5.41) is 0. The van der Waals surface area contributed by atoms with Gasteiger partial charge >= 0.3 is 0 Å². The number of benzene rings is 2. The van der Waals surface area contributed by atoms with E-state index in [1.165, 1.54) is 0 Å². The van der Waals surface area contributed by atoms with E-state index in [0.717, 1.165) is 31.6 Å². The average Bonchev–Trinajstić information content (AvgIpc) is 2.59. The minimum absolute atomic E-state index is 0.0389. The fourth-order valence-electron chi connectivity index (χ4n) is 3.28. The molecule has 0 radical (unpaired) electrons. The molecule has 0 saturated heterocycles. The normalized spacial score (nSPS) is 12.8. The van der Waals surface area contributed by atoms with Gasteiger partial charge < -0.3 is 4.90 Å². The number of hydrogen-bond donors (Lipinski definition) is 0. The minimum Gasteiger partial charge on any atom is -0.371 e. The van der Waals surface area contributed by atoms with Crippen molar-refractivity contribution in [2.45, 2.75) is 26.7 Å². The van der Waals surface area contributed by atoms with Gasteiger partial charge in [-0.05, 0) is 18.9 Å². The zero-order chi connectivity index (χ0) is 16.4. The Morgan fingerprint density at radius 2 is 1.30 bits per heavy atom. The molecule has 3 rings (SSSR count). The van der Waals surface area contributed by atoms with Crippen LogP contribution in [0.3, 0.4) is 0 Å². The molecule has 118 valence electrons. The van der Waals surface area contributed by atoms with Crippen molar-refractivity contribution in [2.24, 2.45) is 0 Å². The zero-order valence-corrected chi connectivity index (χ0v) is 13.6. The minimum atomic E-state index is -0.0509. The molecular weight excluding hydrogens is 286 g/mol. The van der Waals surface area contributed by atoms with Crippen LogP contribution in [0.4, 0.5) is 5.69 Å². The van der Waals surface area contributed by atoms with Crippen LogP contribution in [0.2, 0.25) is 0 Å². The van der Waals surface area contributed by atoms with Gasteiger partial charge in [0.15, 0.2) is 11.6 Å². The Bertz CT molecular complexity index is 758. The van der Waals surface area contributed by atoms with Gasteiger partial charge in [0.25, 0.3) is 0 Å². The van der Waals surface area contributed by atoms with E-state index in [-0.39, 0.29) is 11.6 Å². The topological polar surface area (TPSA) is 37.4 Å². The van der Waals surface area contributed by atoms with Crippen LogP contribution >= 0.6 is 0 Å². The summed E-state index contributed by atoms with van der Waals surface area (Å²) in [5.74, 6) is -0.0898. The summed E-state index contributed by atoms with van der Waals surface area (Å²) in [7, 11) is 0. The Morgan fingerprint density at radius 3 is 1.91 bits per heavy atom. The van der Waals surface area contributed by atoms with Crippen LogP contribution in [0.5, 0.6) is 0 Å². The van der Waals surface area contributed by atoms with E-state index in [1.807, 2.05) is 18.2 Å². The maximum Gasteiger partial charge on any atom is 0.196 e. The van der Waals surface area contributed by atoms with Gasteiger partial charge in [-0.15, -0.1) is 0 Å². The first-order valence-corrected chi connectivity index (χ1v) is 8.25. The van der Waals surface area contributed by atoms with Crippen LogP contribution in [-0.2, 0) is 0 Å². The first-order valence-electron chi connectivity index (χ1n) is 8.25. The molecule has 3 heteroatoms. The predicted molar refractivity (Wildman–Crippen MR) is 92.5 cm³/mol. The van der Waals surface area contributed by atoms with Crippen LogP contribution in [0.25, 0.3) is 0 Å². The van der Waals surface area contributed by atoms with Crippen molar-refractivity contribution >= 4 is 17.3 Å². The lowest BCUT2D eigenvalue weighted by Crippen LogP contribution is -2.30. The quantitative estimate of drug-likeness (QED) is 0.712. The fourth-order valence-corrected chi connectivity index (χ4v) is 3.28. The second-order valence-corrected chi connectivity index (χ2v) is 5.89. The van der Waals surface area contributed by atoms with Gasteiger partial charge in [0.05, 0.1) is 5.56 Å². The molecule has 0 fully saturated rings. The Kier molecular flexibility index (Phi) is 4.28. The summed E-state index contributed by atoms with van der Waals surface area (Å²) in [6.07, 6.45) is 2.00. The van der Waals surface area contributed by atoms with E-state index < -0.39 is 0 Å². The standard InChI is InChI=1S/C20H21NO2/c1-3-12-21(13-4-2)17-11-7-10-16-18(17)20(23)15-9-6-5-8-14(15)19(16)22/h5-11H,3-4,12-13H2,1-2H3. The van der Waals surface area contributed by atoms with Gasteiger partial charge in [0.2, 0.25) is 0 Å². The fraction of sp³-hybridized carbons (Fsp3) is 0.300. The van der Waals surface area contributed by atoms with E-state index in [1.54, 1.807) is 24.3 Å². The number of ketones is 2. The van der Waals surface area contributed by atoms with Crippen LogP contribution in [0, 0.1) is 0 Å². The van der Waals surface area contributed by atoms with Gasteiger partial charge in [-0.3, -0.25) is 9.59 Å². The van der Waals surface area contributed by atoms with Crippen LogP contribution in [-0.4, -0.2) is 24.7 Å². The summed E-state index contributed by atoms with van der Waals surface area (Å²) in [5.41, 5.74) is 3.02. The van der Waals surface area contributed by atoms with Crippen LogP contribution in [0.1, 0.15) is 58.5 Å². The highest BCUT2D eigenvalue weighted by molar-refractivity contribution is 6.30. The molecule has 2 aromatic rings. The number of nitrogens with zero attached hydrogens (tertiary/aromatic N) is 1. The Labute approximate surface area is 136 Å². The molecule has 0 unspecified atom stereocenters. The van der Waals surface area contributed by atoms with Gasteiger partial charge in [0.1, 0.15) is 0 Å². The van der Waals surface area contributed by atoms with Crippen LogP contribution < -0.4 is 4.90 Å². The van der Waals surface area contributed by atoms with E-state index >= 15 is 0 Å². The third-order valence-electron chi connectivity index (χ3n) is 4.26. The van der Waals surface area contributed by atoms with E-state index in [2.05, 4.69) is 18.7 Å². The SMILES string of the molecule is CCCN(CCC)c1cccc2c1C(=O)c1ccccc1C2=O. The highest BCUT2D eigenvalue weighted by atomic mass is 16.1. The third-order valence-corrected chi connectivity index (χ3v) is 4.26. The molecule has 0 saturated carbocycles. The number of fused-ring (bicyclic) bond motifs is 2. The summed E-state index contributed by atoms with van der Waals surface area (Å²) < 4.78 is 0. The Morgan fingerprint density at radius 1 is 0.739 bits per heavy atom. The van der Waals surface area contributed by atoms with Crippen molar-refractivity contribution in [1.29, 1.82) is 0 Å².